The van der Waals surface area contributed by atoms with Gasteiger partial charge in [0.2, 0.25) is 0 Å². The topological polar surface area (TPSA) is 36.4 Å². The average molecular weight is 399 g/mol. The van der Waals surface area contributed by atoms with Gasteiger partial charge in [0, 0.05) is 6.54 Å². The number of hydrogen-bond donors (Lipinski definition) is 2. The van der Waals surface area contributed by atoms with Gasteiger partial charge in [-0.1, -0.05) is 30.3 Å². The lowest BCUT2D eigenvalue weighted by molar-refractivity contribution is 0.506. The van der Waals surface area contributed by atoms with E-state index in [1.54, 1.807) is 24.3 Å². The molecule has 2 N–H and O–H groups in total. The molecule has 0 aliphatic carbocycles. The Morgan fingerprint density at radius 1 is 0.793 bits per heavy atom. The van der Waals surface area contributed by atoms with Crippen molar-refractivity contribution in [2.75, 3.05) is 0 Å². The van der Waals surface area contributed by atoms with Crippen molar-refractivity contribution in [3.05, 3.63) is 107 Å². The summed E-state index contributed by atoms with van der Waals surface area (Å²) in [5.41, 5.74) is 1.83. The van der Waals surface area contributed by atoms with Crippen LogP contribution in [0.3, 0.4) is 0 Å². The molecule has 0 saturated heterocycles. The summed E-state index contributed by atoms with van der Waals surface area (Å²) in [4.78, 5) is 4.58. The van der Waals surface area contributed by atoms with Crippen LogP contribution >= 0.6 is 0 Å². The van der Waals surface area contributed by atoms with Gasteiger partial charge in [0.1, 0.15) is 17.7 Å². The molecule has 2 atom stereocenters. The van der Waals surface area contributed by atoms with Gasteiger partial charge in [-0.25, -0.2) is 22.6 Å². The molecule has 29 heavy (non-hydrogen) atoms. The Balaban J connectivity index is 1.59. The second-order valence-electron chi connectivity index (χ2n) is 6.76. The number of guanidine groups is 1. The van der Waals surface area contributed by atoms with E-state index in [9.17, 15) is 17.6 Å². The van der Waals surface area contributed by atoms with Crippen molar-refractivity contribution in [1.82, 2.24) is 10.6 Å². The highest BCUT2D eigenvalue weighted by Crippen LogP contribution is 2.36. The number of nitrogens with zero attached hydrogens (tertiary/aromatic N) is 1. The molecule has 4 rings (SSSR count). The minimum Gasteiger partial charge on any atom is -0.352 e. The monoisotopic (exact) mass is 399 g/mol. The van der Waals surface area contributed by atoms with Gasteiger partial charge in [-0.2, -0.15) is 0 Å². The van der Waals surface area contributed by atoms with Crippen molar-refractivity contribution in [1.29, 1.82) is 0 Å². The van der Waals surface area contributed by atoms with Crippen LogP contribution in [0.15, 0.2) is 71.7 Å². The van der Waals surface area contributed by atoms with Crippen LogP contribution in [0.2, 0.25) is 0 Å². The van der Waals surface area contributed by atoms with Crippen molar-refractivity contribution in [2.24, 2.45) is 4.99 Å². The fourth-order valence-corrected chi connectivity index (χ4v) is 3.33. The maximum absolute atomic E-state index is 13.7. The van der Waals surface area contributed by atoms with Crippen molar-refractivity contribution in [2.45, 2.75) is 18.6 Å². The van der Waals surface area contributed by atoms with Gasteiger partial charge in [-0.05, 0) is 53.1 Å². The van der Waals surface area contributed by atoms with E-state index in [0.717, 1.165) is 12.1 Å². The lowest BCUT2D eigenvalue weighted by atomic mass is 9.95. The van der Waals surface area contributed by atoms with Crippen LogP contribution in [0.4, 0.5) is 17.6 Å². The molecule has 0 fully saturated rings. The van der Waals surface area contributed by atoms with Crippen LogP contribution in [0, 0.1) is 23.3 Å². The van der Waals surface area contributed by atoms with Gasteiger partial charge < -0.3 is 10.6 Å². The van der Waals surface area contributed by atoms with E-state index in [1.165, 1.54) is 30.3 Å². The van der Waals surface area contributed by atoms with Crippen molar-refractivity contribution >= 4 is 5.96 Å². The molecule has 3 aromatic rings. The summed E-state index contributed by atoms with van der Waals surface area (Å²) in [5, 5.41) is 6.22. The highest BCUT2D eigenvalue weighted by molar-refractivity contribution is 5.82. The molecule has 0 bridgehead atoms. The molecule has 1 aliphatic rings. The summed E-state index contributed by atoms with van der Waals surface area (Å²) in [7, 11) is 0. The first-order chi connectivity index (χ1) is 14.0. The van der Waals surface area contributed by atoms with Gasteiger partial charge in [0.05, 0.1) is 6.04 Å². The molecular formula is C22H17F4N3. The lowest BCUT2D eigenvalue weighted by Crippen LogP contribution is -2.35. The molecule has 0 spiro atoms. The van der Waals surface area contributed by atoms with E-state index in [0.29, 0.717) is 22.6 Å². The van der Waals surface area contributed by atoms with E-state index < -0.39 is 23.7 Å². The van der Waals surface area contributed by atoms with E-state index >= 15 is 0 Å². The van der Waals surface area contributed by atoms with E-state index in [2.05, 4.69) is 15.6 Å². The minimum atomic E-state index is -0.930. The van der Waals surface area contributed by atoms with Crippen molar-refractivity contribution in [3.8, 4) is 0 Å². The Labute approximate surface area is 165 Å². The SMILES string of the molecule is Fc1cccc([C@H]2NC(NCc3ccc(F)c(F)c3)=N[C@H]2c2cccc(F)c2)c1. The summed E-state index contributed by atoms with van der Waals surface area (Å²) >= 11 is 0. The summed E-state index contributed by atoms with van der Waals surface area (Å²) < 4.78 is 54.0. The van der Waals surface area contributed by atoms with Gasteiger partial charge in [0.25, 0.3) is 0 Å². The largest absolute Gasteiger partial charge is 0.352 e. The van der Waals surface area contributed by atoms with Crippen molar-refractivity contribution < 1.29 is 17.6 Å². The highest BCUT2D eigenvalue weighted by atomic mass is 19.2. The van der Waals surface area contributed by atoms with Crippen LogP contribution in [0.1, 0.15) is 28.8 Å². The fourth-order valence-electron chi connectivity index (χ4n) is 3.33. The first-order valence-electron chi connectivity index (χ1n) is 9.02. The molecule has 1 heterocycles. The first kappa shape index (κ1) is 19.0. The third-order valence-corrected chi connectivity index (χ3v) is 4.72. The number of hydrogen-bond acceptors (Lipinski definition) is 3. The second kappa shape index (κ2) is 7.95. The van der Waals surface area contributed by atoms with Crippen LogP contribution in [0.5, 0.6) is 0 Å². The lowest BCUT2D eigenvalue weighted by Gasteiger charge is -2.19. The molecule has 0 saturated carbocycles. The Kier molecular flexibility index (Phi) is 5.20. The van der Waals surface area contributed by atoms with Crippen LogP contribution < -0.4 is 10.6 Å². The molecule has 0 amide bonds. The van der Waals surface area contributed by atoms with E-state index in [-0.39, 0.29) is 18.2 Å². The van der Waals surface area contributed by atoms with Gasteiger partial charge in [0.15, 0.2) is 17.6 Å². The summed E-state index contributed by atoms with van der Waals surface area (Å²) in [6.45, 7) is 0.203. The van der Waals surface area contributed by atoms with Gasteiger partial charge in [-0.3, -0.25) is 0 Å². The zero-order valence-corrected chi connectivity index (χ0v) is 15.2. The molecular weight excluding hydrogens is 382 g/mol. The van der Waals surface area contributed by atoms with Crippen molar-refractivity contribution in [3.63, 3.8) is 0 Å². The number of nitrogens with one attached hydrogen (secondary N) is 2. The highest BCUT2D eigenvalue weighted by Gasteiger charge is 2.31. The zero-order valence-electron chi connectivity index (χ0n) is 15.2. The second-order valence-corrected chi connectivity index (χ2v) is 6.76. The van der Waals surface area contributed by atoms with E-state index in [4.69, 9.17) is 0 Å². The molecule has 3 nitrogen and oxygen atoms in total. The summed E-state index contributed by atoms with van der Waals surface area (Å²) in [5.74, 6) is -2.22. The molecule has 7 heteroatoms. The Hall–Kier alpha value is -3.35. The first-order valence-corrected chi connectivity index (χ1v) is 9.02. The van der Waals surface area contributed by atoms with Crippen LogP contribution in [-0.2, 0) is 6.54 Å². The van der Waals surface area contributed by atoms with E-state index in [1.807, 2.05) is 0 Å². The normalized spacial score (nSPS) is 18.3. The van der Waals surface area contributed by atoms with Gasteiger partial charge in [-0.15, -0.1) is 0 Å². The van der Waals surface area contributed by atoms with Crippen LogP contribution in [0.25, 0.3) is 0 Å². The Bertz CT molecular complexity index is 1070. The quantitative estimate of drug-likeness (QED) is 0.620. The summed E-state index contributed by atoms with van der Waals surface area (Å²) in [6.07, 6.45) is 0. The number of rotatable bonds is 4. The standard InChI is InChI=1S/C22H17F4N3/c23-16-5-1-3-14(10-16)20-21(15-4-2-6-17(24)11-15)29-22(28-20)27-12-13-7-8-18(25)19(26)9-13/h1-11,20-21H,12H2,(H2,27,28,29)/t20-,21+. The van der Waals surface area contributed by atoms with Crippen LogP contribution in [-0.4, -0.2) is 5.96 Å². The fraction of sp³-hybridized carbons (Fsp3) is 0.136. The Morgan fingerprint density at radius 3 is 2.17 bits per heavy atom. The predicted molar refractivity (Wildman–Crippen MR) is 102 cm³/mol. The smallest absolute Gasteiger partial charge is 0.192 e. The average Bonchev–Trinajstić information content (AvgIpc) is 3.13. The third kappa shape index (κ3) is 4.23. The number of aliphatic imine (C=N–C) groups is 1. The molecule has 0 radical (unpaired) electrons. The molecule has 0 unspecified atom stereocenters. The molecule has 0 aromatic heterocycles. The molecule has 1 aliphatic heterocycles. The molecule has 3 aromatic carbocycles. The van der Waals surface area contributed by atoms with Gasteiger partial charge >= 0.3 is 0 Å². The zero-order chi connectivity index (χ0) is 20.4. The number of halogens is 4. The minimum absolute atomic E-state index is 0.203. The summed E-state index contributed by atoms with van der Waals surface area (Å²) in [6, 6.07) is 14.9. The Morgan fingerprint density at radius 2 is 1.48 bits per heavy atom. The third-order valence-electron chi connectivity index (χ3n) is 4.72. The maximum Gasteiger partial charge on any atom is 0.192 e. The predicted octanol–water partition coefficient (Wildman–Crippen LogP) is 4.77. The number of benzene rings is 3. The maximum atomic E-state index is 13.7. The molecule has 148 valence electrons.